The van der Waals surface area contributed by atoms with Crippen LogP contribution < -0.4 is 0 Å². The summed E-state index contributed by atoms with van der Waals surface area (Å²) >= 11 is 0. The van der Waals surface area contributed by atoms with E-state index in [9.17, 15) is 4.79 Å². The number of hydrogen-bond donors (Lipinski definition) is 0. The van der Waals surface area contributed by atoms with Gasteiger partial charge in [-0.15, -0.1) is 5.10 Å². The third-order valence-electron chi connectivity index (χ3n) is 2.68. The van der Waals surface area contributed by atoms with Crippen LogP contribution >= 0.6 is 0 Å². The Morgan fingerprint density at radius 2 is 2.53 bits per heavy atom. The van der Waals surface area contributed by atoms with Gasteiger partial charge in [0.15, 0.2) is 0 Å². The second kappa shape index (κ2) is 5.72. The van der Waals surface area contributed by atoms with Crippen LogP contribution in [-0.4, -0.2) is 45.5 Å². The van der Waals surface area contributed by atoms with Crippen molar-refractivity contribution in [1.29, 1.82) is 0 Å². The first-order valence-electron chi connectivity index (χ1n) is 5.86. The maximum absolute atomic E-state index is 11.5. The number of aryl methyl sites for hydroxylation is 1. The van der Waals surface area contributed by atoms with Crippen LogP contribution in [0.3, 0.4) is 0 Å². The summed E-state index contributed by atoms with van der Waals surface area (Å²) in [6, 6.07) is 0. The zero-order valence-electron chi connectivity index (χ0n) is 9.83. The van der Waals surface area contributed by atoms with Gasteiger partial charge in [0, 0.05) is 13.2 Å². The average Bonchev–Trinajstić information content (AvgIpc) is 2.98. The lowest BCUT2D eigenvalue weighted by atomic mass is 10.2. The van der Waals surface area contributed by atoms with E-state index in [1.807, 2.05) is 0 Å². The number of nitrogens with zero attached hydrogens (tertiary/aromatic N) is 4. The molecule has 0 radical (unpaired) electrons. The van der Waals surface area contributed by atoms with Gasteiger partial charge in [-0.2, -0.15) is 0 Å². The highest BCUT2D eigenvalue weighted by molar-refractivity contribution is 5.85. The predicted molar refractivity (Wildman–Crippen MR) is 57.4 cm³/mol. The van der Waals surface area contributed by atoms with Gasteiger partial charge in [-0.3, -0.25) is 0 Å². The van der Waals surface area contributed by atoms with Gasteiger partial charge in [0.25, 0.3) is 5.82 Å². The summed E-state index contributed by atoms with van der Waals surface area (Å²) in [5.74, 6) is -0.324. The Kier molecular flexibility index (Phi) is 4.03. The lowest BCUT2D eigenvalue weighted by Crippen LogP contribution is -2.17. The maximum atomic E-state index is 11.5. The van der Waals surface area contributed by atoms with E-state index in [1.165, 1.54) is 4.68 Å². The molecule has 1 fully saturated rings. The van der Waals surface area contributed by atoms with Crippen molar-refractivity contribution in [1.82, 2.24) is 20.2 Å². The van der Waals surface area contributed by atoms with Gasteiger partial charge in [0.2, 0.25) is 0 Å². The van der Waals surface area contributed by atoms with Crippen LogP contribution in [0.15, 0.2) is 0 Å². The molecule has 0 saturated carbocycles. The second-order valence-electron chi connectivity index (χ2n) is 3.87. The number of esters is 1. The highest BCUT2D eigenvalue weighted by Gasteiger charge is 2.19. The Hall–Kier alpha value is -1.50. The van der Waals surface area contributed by atoms with Gasteiger partial charge in [0.05, 0.1) is 12.7 Å². The molecular weight excluding hydrogens is 224 g/mol. The van der Waals surface area contributed by atoms with Gasteiger partial charge in [-0.1, -0.05) is 0 Å². The molecule has 1 aliphatic heterocycles. The summed E-state index contributed by atoms with van der Waals surface area (Å²) in [5.41, 5.74) is 0. The molecule has 2 heterocycles. The Balaban J connectivity index is 1.91. The highest BCUT2D eigenvalue weighted by Crippen LogP contribution is 2.15. The SMILES string of the molecule is CCOC(=O)c1nnnn1CCC1CCCO1. The van der Waals surface area contributed by atoms with E-state index in [2.05, 4.69) is 15.5 Å². The first kappa shape index (κ1) is 12.0. The zero-order valence-corrected chi connectivity index (χ0v) is 9.83. The third-order valence-corrected chi connectivity index (χ3v) is 2.68. The van der Waals surface area contributed by atoms with Crippen molar-refractivity contribution < 1.29 is 14.3 Å². The van der Waals surface area contributed by atoms with Crippen LogP contribution in [-0.2, 0) is 16.0 Å². The molecule has 0 N–H and O–H groups in total. The molecule has 1 atom stereocenters. The molecule has 0 aliphatic carbocycles. The molecule has 94 valence electrons. The van der Waals surface area contributed by atoms with Gasteiger partial charge in [-0.25, -0.2) is 9.48 Å². The number of carbonyl (C=O) groups excluding carboxylic acids is 1. The van der Waals surface area contributed by atoms with Gasteiger partial charge >= 0.3 is 5.97 Å². The minimum Gasteiger partial charge on any atom is -0.460 e. The predicted octanol–water partition coefficient (Wildman–Crippen LogP) is 0.419. The van der Waals surface area contributed by atoms with Crippen LogP contribution in [0.5, 0.6) is 0 Å². The van der Waals surface area contributed by atoms with Gasteiger partial charge in [-0.05, 0) is 36.6 Å². The highest BCUT2D eigenvalue weighted by atomic mass is 16.5. The van der Waals surface area contributed by atoms with Gasteiger partial charge < -0.3 is 9.47 Å². The normalized spacial score (nSPS) is 19.5. The van der Waals surface area contributed by atoms with Crippen LogP contribution in [0.4, 0.5) is 0 Å². The van der Waals surface area contributed by atoms with E-state index < -0.39 is 5.97 Å². The van der Waals surface area contributed by atoms with E-state index >= 15 is 0 Å². The molecule has 1 unspecified atom stereocenters. The number of tetrazole rings is 1. The molecule has 1 aliphatic rings. The molecule has 2 rings (SSSR count). The second-order valence-corrected chi connectivity index (χ2v) is 3.87. The van der Waals surface area contributed by atoms with E-state index in [0.29, 0.717) is 13.2 Å². The van der Waals surface area contributed by atoms with Crippen molar-refractivity contribution in [2.45, 2.75) is 38.8 Å². The molecule has 1 aromatic heterocycles. The summed E-state index contributed by atoms with van der Waals surface area (Å²) in [5, 5.41) is 10.9. The van der Waals surface area contributed by atoms with Crippen LogP contribution in [0.25, 0.3) is 0 Å². The summed E-state index contributed by atoms with van der Waals surface area (Å²) in [6.07, 6.45) is 3.24. The van der Waals surface area contributed by atoms with Crippen LogP contribution in [0.2, 0.25) is 0 Å². The minimum absolute atomic E-state index is 0.157. The van der Waals surface area contributed by atoms with Crippen molar-refractivity contribution in [3.8, 4) is 0 Å². The monoisotopic (exact) mass is 240 g/mol. The number of carbonyl (C=O) groups is 1. The average molecular weight is 240 g/mol. The van der Waals surface area contributed by atoms with Crippen molar-refractivity contribution in [3.63, 3.8) is 0 Å². The van der Waals surface area contributed by atoms with E-state index in [0.717, 1.165) is 25.9 Å². The Bertz CT molecular complexity index is 373. The topological polar surface area (TPSA) is 79.1 Å². The lowest BCUT2D eigenvalue weighted by molar-refractivity contribution is 0.0500. The molecule has 0 bridgehead atoms. The number of rotatable bonds is 5. The van der Waals surface area contributed by atoms with Gasteiger partial charge in [0.1, 0.15) is 0 Å². The molecule has 0 spiro atoms. The molecule has 0 amide bonds. The first-order valence-corrected chi connectivity index (χ1v) is 5.86. The summed E-state index contributed by atoms with van der Waals surface area (Å²) in [6.45, 7) is 3.46. The number of hydrogen-bond acceptors (Lipinski definition) is 6. The number of aromatic nitrogens is 4. The van der Waals surface area contributed by atoms with E-state index in [4.69, 9.17) is 9.47 Å². The summed E-state index contributed by atoms with van der Waals surface area (Å²) in [4.78, 5) is 11.5. The smallest absolute Gasteiger partial charge is 0.378 e. The Morgan fingerprint density at radius 3 is 3.24 bits per heavy atom. The quantitative estimate of drug-likeness (QED) is 0.694. The maximum Gasteiger partial charge on any atom is 0.378 e. The van der Waals surface area contributed by atoms with Crippen LogP contribution in [0.1, 0.15) is 36.8 Å². The minimum atomic E-state index is -0.482. The molecule has 1 saturated heterocycles. The standard InChI is InChI=1S/C10H16N4O3/c1-2-16-10(15)9-11-12-13-14(9)6-5-8-4-3-7-17-8/h8H,2-7H2,1H3. The fourth-order valence-electron chi connectivity index (χ4n) is 1.84. The molecular formula is C10H16N4O3. The largest absolute Gasteiger partial charge is 0.460 e. The summed E-state index contributed by atoms with van der Waals surface area (Å²) < 4.78 is 11.8. The Labute approximate surface area is 99.1 Å². The molecule has 0 aromatic carbocycles. The van der Waals surface area contributed by atoms with Crippen molar-refractivity contribution in [2.75, 3.05) is 13.2 Å². The van der Waals surface area contributed by atoms with Crippen molar-refractivity contribution in [2.24, 2.45) is 0 Å². The van der Waals surface area contributed by atoms with Crippen LogP contribution in [0, 0.1) is 0 Å². The Morgan fingerprint density at radius 1 is 1.65 bits per heavy atom. The zero-order chi connectivity index (χ0) is 12.1. The molecule has 7 nitrogen and oxygen atoms in total. The summed E-state index contributed by atoms with van der Waals surface area (Å²) in [7, 11) is 0. The third kappa shape index (κ3) is 3.00. The lowest BCUT2D eigenvalue weighted by Gasteiger charge is -2.09. The molecule has 7 heteroatoms. The van der Waals surface area contributed by atoms with E-state index in [1.54, 1.807) is 6.92 Å². The van der Waals surface area contributed by atoms with Crippen molar-refractivity contribution in [3.05, 3.63) is 5.82 Å². The fourth-order valence-corrected chi connectivity index (χ4v) is 1.84. The fraction of sp³-hybridized carbons (Fsp3) is 0.800. The number of ether oxygens (including phenoxy) is 2. The van der Waals surface area contributed by atoms with Crippen molar-refractivity contribution >= 4 is 5.97 Å². The molecule has 17 heavy (non-hydrogen) atoms. The van der Waals surface area contributed by atoms with E-state index in [-0.39, 0.29) is 11.9 Å². The molecule has 1 aromatic rings. The first-order chi connectivity index (χ1) is 8.31.